The van der Waals surface area contributed by atoms with E-state index in [0.29, 0.717) is 5.02 Å². The van der Waals surface area contributed by atoms with E-state index < -0.39 is 0 Å². The fraction of sp³-hybridized carbons (Fsp3) is 0.429. The molecule has 0 fully saturated rings. The monoisotopic (exact) mass is 311 g/mol. The molecule has 1 atom stereocenters. The van der Waals surface area contributed by atoms with Crippen LogP contribution >= 0.6 is 23.4 Å². The van der Waals surface area contributed by atoms with Gasteiger partial charge in [-0.2, -0.15) is 0 Å². The van der Waals surface area contributed by atoms with Gasteiger partial charge < -0.3 is 10.3 Å². The molecule has 2 rings (SSSR count). The van der Waals surface area contributed by atoms with E-state index in [4.69, 9.17) is 11.6 Å². The van der Waals surface area contributed by atoms with Crippen LogP contribution in [0, 0.1) is 0 Å². The summed E-state index contributed by atoms with van der Waals surface area (Å²) in [5.74, 6) is 0.000915. The minimum Gasteiger partial charge on any atom is -0.351 e. The van der Waals surface area contributed by atoms with Gasteiger partial charge >= 0.3 is 0 Å². The van der Waals surface area contributed by atoms with Crippen molar-refractivity contribution < 1.29 is 4.79 Å². The summed E-state index contributed by atoms with van der Waals surface area (Å²) in [5.41, 5.74) is 1.50. The van der Waals surface area contributed by atoms with E-state index >= 15 is 0 Å². The van der Waals surface area contributed by atoms with E-state index in [0.717, 1.165) is 16.2 Å². The first-order chi connectivity index (χ1) is 9.24. The van der Waals surface area contributed by atoms with Crippen LogP contribution in [0.25, 0.3) is 11.0 Å². The molecule has 0 bridgehead atoms. The fourth-order valence-electron chi connectivity index (χ4n) is 1.71. The van der Waals surface area contributed by atoms with Crippen LogP contribution in [0.3, 0.4) is 0 Å². The number of aromatic amines is 1. The number of thioether (sulfide) groups is 1. The molecule has 1 aromatic heterocycles. The Bertz CT molecular complexity index is 633. The largest absolute Gasteiger partial charge is 0.351 e. The highest BCUT2D eigenvalue weighted by molar-refractivity contribution is 8.00. The van der Waals surface area contributed by atoms with Gasteiger partial charge in [0, 0.05) is 10.6 Å². The average molecular weight is 312 g/mol. The van der Waals surface area contributed by atoms with Crippen LogP contribution in [0.2, 0.25) is 5.02 Å². The Morgan fingerprint density at radius 1 is 1.45 bits per heavy atom. The third kappa shape index (κ3) is 3.90. The number of fused-ring (bicyclic) bond motifs is 1. The van der Waals surface area contributed by atoms with Gasteiger partial charge in [0.2, 0.25) is 5.91 Å². The van der Waals surface area contributed by atoms with Gasteiger partial charge in [0.25, 0.3) is 0 Å². The SMILES string of the molecule is CC(Sc1nc2ccc(Cl)cc2[nH]1)C(=O)NC(C)(C)C. The summed E-state index contributed by atoms with van der Waals surface area (Å²) in [4.78, 5) is 19.7. The predicted molar refractivity (Wildman–Crippen MR) is 84.3 cm³/mol. The van der Waals surface area contributed by atoms with Crippen molar-refractivity contribution in [3.8, 4) is 0 Å². The van der Waals surface area contributed by atoms with Crippen LogP contribution in [0.15, 0.2) is 23.4 Å². The van der Waals surface area contributed by atoms with Crippen LogP contribution < -0.4 is 5.32 Å². The van der Waals surface area contributed by atoms with Crippen LogP contribution in [-0.4, -0.2) is 26.7 Å². The summed E-state index contributed by atoms with van der Waals surface area (Å²) in [6.07, 6.45) is 0. The van der Waals surface area contributed by atoms with Crippen molar-refractivity contribution in [2.24, 2.45) is 0 Å². The molecule has 2 N–H and O–H groups in total. The first-order valence-electron chi connectivity index (χ1n) is 6.38. The number of carbonyl (C=O) groups is 1. The van der Waals surface area contributed by atoms with Gasteiger partial charge in [-0.1, -0.05) is 23.4 Å². The average Bonchev–Trinajstić information content (AvgIpc) is 2.67. The van der Waals surface area contributed by atoms with Crippen LogP contribution in [-0.2, 0) is 4.79 Å². The molecule has 0 saturated carbocycles. The van der Waals surface area contributed by atoms with E-state index in [9.17, 15) is 4.79 Å². The second kappa shape index (κ2) is 5.66. The maximum absolute atomic E-state index is 12.0. The molecule has 0 aliphatic carbocycles. The Balaban J connectivity index is 2.09. The van der Waals surface area contributed by atoms with Crippen LogP contribution in [0.1, 0.15) is 27.7 Å². The highest BCUT2D eigenvalue weighted by atomic mass is 35.5. The number of H-pyrrole nitrogens is 1. The first-order valence-corrected chi connectivity index (χ1v) is 7.64. The lowest BCUT2D eigenvalue weighted by Gasteiger charge is -2.22. The number of amides is 1. The number of rotatable bonds is 3. The summed E-state index contributed by atoms with van der Waals surface area (Å²) < 4.78 is 0. The number of benzene rings is 1. The molecule has 108 valence electrons. The Morgan fingerprint density at radius 3 is 2.80 bits per heavy atom. The number of nitrogens with one attached hydrogen (secondary N) is 2. The molecule has 6 heteroatoms. The number of carbonyl (C=O) groups excluding carboxylic acids is 1. The molecular weight excluding hydrogens is 294 g/mol. The molecule has 0 saturated heterocycles. The summed E-state index contributed by atoms with van der Waals surface area (Å²) in [7, 11) is 0. The molecule has 1 aromatic carbocycles. The minimum absolute atomic E-state index is 0.000915. The van der Waals surface area contributed by atoms with Gasteiger partial charge in [0.15, 0.2) is 5.16 Å². The number of aromatic nitrogens is 2. The quantitative estimate of drug-likeness (QED) is 0.851. The maximum atomic E-state index is 12.0. The molecule has 2 aromatic rings. The number of nitrogens with zero attached hydrogens (tertiary/aromatic N) is 1. The van der Waals surface area contributed by atoms with Crippen molar-refractivity contribution in [2.75, 3.05) is 0 Å². The van der Waals surface area contributed by atoms with E-state index in [2.05, 4.69) is 15.3 Å². The molecular formula is C14H18ClN3OS. The highest BCUT2D eigenvalue weighted by Crippen LogP contribution is 2.25. The Morgan fingerprint density at radius 2 is 2.15 bits per heavy atom. The van der Waals surface area contributed by atoms with Crippen molar-refractivity contribution in [1.29, 1.82) is 0 Å². The van der Waals surface area contributed by atoms with Crippen LogP contribution in [0.5, 0.6) is 0 Å². The fourth-order valence-corrected chi connectivity index (χ4v) is 2.70. The normalized spacial score (nSPS) is 13.4. The Hall–Kier alpha value is -1.20. The lowest BCUT2D eigenvalue weighted by atomic mass is 10.1. The topological polar surface area (TPSA) is 57.8 Å². The molecule has 4 nitrogen and oxygen atoms in total. The summed E-state index contributed by atoms with van der Waals surface area (Å²) in [5, 5.41) is 4.13. The third-order valence-electron chi connectivity index (χ3n) is 2.58. The van der Waals surface area contributed by atoms with Gasteiger partial charge in [-0.25, -0.2) is 4.98 Å². The molecule has 20 heavy (non-hydrogen) atoms. The minimum atomic E-state index is -0.229. The zero-order chi connectivity index (χ0) is 14.9. The van der Waals surface area contributed by atoms with Gasteiger partial charge in [-0.15, -0.1) is 0 Å². The molecule has 1 unspecified atom stereocenters. The molecule has 0 aliphatic rings. The lowest BCUT2D eigenvalue weighted by Crippen LogP contribution is -2.44. The standard InChI is InChI=1S/C14H18ClN3OS/c1-8(12(19)18-14(2,3)4)20-13-16-10-6-5-9(15)7-11(10)17-13/h5-8H,1-4H3,(H,16,17)(H,18,19). The van der Waals surface area contributed by atoms with Gasteiger partial charge in [0.05, 0.1) is 16.3 Å². The Labute approximate surface area is 127 Å². The number of hydrogen-bond acceptors (Lipinski definition) is 3. The summed E-state index contributed by atoms with van der Waals surface area (Å²) in [6.45, 7) is 7.76. The van der Waals surface area contributed by atoms with Crippen molar-refractivity contribution in [1.82, 2.24) is 15.3 Å². The number of hydrogen-bond donors (Lipinski definition) is 2. The molecule has 0 aliphatic heterocycles. The van der Waals surface area contributed by atoms with Gasteiger partial charge in [-0.05, 0) is 45.9 Å². The third-order valence-corrected chi connectivity index (χ3v) is 3.80. The molecule has 1 heterocycles. The second-order valence-electron chi connectivity index (χ2n) is 5.70. The number of halogens is 1. The second-order valence-corrected chi connectivity index (χ2v) is 7.47. The zero-order valence-corrected chi connectivity index (χ0v) is 13.5. The molecule has 0 radical (unpaired) electrons. The number of imidazole rings is 1. The summed E-state index contributed by atoms with van der Waals surface area (Å²) in [6, 6.07) is 5.49. The van der Waals surface area contributed by atoms with E-state index in [1.54, 1.807) is 6.07 Å². The van der Waals surface area contributed by atoms with E-state index in [1.165, 1.54) is 11.8 Å². The molecule has 1 amide bonds. The predicted octanol–water partition coefficient (Wildman–Crippen LogP) is 3.61. The lowest BCUT2D eigenvalue weighted by molar-refractivity contribution is -0.121. The van der Waals surface area contributed by atoms with Crippen molar-refractivity contribution >= 4 is 40.3 Å². The molecule has 0 spiro atoms. The smallest absolute Gasteiger partial charge is 0.233 e. The maximum Gasteiger partial charge on any atom is 0.233 e. The van der Waals surface area contributed by atoms with E-state index in [-0.39, 0.29) is 16.7 Å². The van der Waals surface area contributed by atoms with Crippen LogP contribution in [0.4, 0.5) is 0 Å². The van der Waals surface area contributed by atoms with Gasteiger partial charge in [-0.3, -0.25) is 4.79 Å². The van der Waals surface area contributed by atoms with E-state index in [1.807, 2.05) is 39.8 Å². The Kier molecular flexibility index (Phi) is 4.30. The highest BCUT2D eigenvalue weighted by Gasteiger charge is 2.21. The van der Waals surface area contributed by atoms with Crippen molar-refractivity contribution in [3.05, 3.63) is 23.2 Å². The summed E-state index contributed by atoms with van der Waals surface area (Å²) >= 11 is 7.34. The van der Waals surface area contributed by atoms with Crippen molar-refractivity contribution in [3.63, 3.8) is 0 Å². The zero-order valence-electron chi connectivity index (χ0n) is 12.0. The van der Waals surface area contributed by atoms with Gasteiger partial charge in [0.1, 0.15) is 0 Å². The van der Waals surface area contributed by atoms with Crippen molar-refractivity contribution in [2.45, 2.75) is 43.6 Å². The first kappa shape index (κ1) is 15.2.